The lowest BCUT2D eigenvalue weighted by Gasteiger charge is -2.18. The lowest BCUT2D eigenvalue weighted by molar-refractivity contribution is 0.327. The third kappa shape index (κ3) is 4.24. The van der Waals surface area contributed by atoms with Gasteiger partial charge in [-0.1, -0.05) is 29.4 Å². The quantitative estimate of drug-likeness (QED) is 0.554. The van der Waals surface area contributed by atoms with Gasteiger partial charge in [0.1, 0.15) is 5.75 Å². The molecule has 140 valence electrons. The van der Waals surface area contributed by atoms with Gasteiger partial charge in [0.25, 0.3) is 0 Å². The topological polar surface area (TPSA) is 85.5 Å². The van der Waals surface area contributed by atoms with Crippen molar-refractivity contribution >= 4 is 10.0 Å². The molecule has 0 spiro atoms. The summed E-state index contributed by atoms with van der Waals surface area (Å²) in [6.07, 6.45) is 1.52. The Morgan fingerprint density at radius 2 is 1.85 bits per heavy atom. The van der Waals surface area contributed by atoms with Crippen LogP contribution in [0.25, 0.3) is 11.4 Å². The minimum atomic E-state index is -3.71. The molecule has 0 bridgehead atoms. The molecule has 3 aromatic rings. The van der Waals surface area contributed by atoms with Gasteiger partial charge in [0.2, 0.25) is 21.7 Å². The van der Waals surface area contributed by atoms with Gasteiger partial charge in [-0.2, -0.15) is 9.29 Å². The zero-order chi connectivity index (χ0) is 19.3. The van der Waals surface area contributed by atoms with Gasteiger partial charge in [-0.3, -0.25) is 0 Å². The van der Waals surface area contributed by atoms with Gasteiger partial charge in [-0.05, 0) is 36.4 Å². The molecule has 1 aromatic heterocycles. The van der Waals surface area contributed by atoms with Crippen LogP contribution in [-0.4, -0.2) is 36.5 Å². The Hall–Kier alpha value is -2.97. The summed E-state index contributed by atoms with van der Waals surface area (Å²) in [5, 5.41) is 3.94. The average molecular weight is 385 g/mol. The van der Waals surface area contributed by atoms with Crippen LogP contribution in [0, 0.1) is 0 Å². The second-order valence-electron chi connectivity index (χ2n) is 5.64. The summed E-state index contributed by atoms with van der Waals surface area (Å²) in [5.41, 5.74) is 0.743. The summed E-state index contributed by atoms with van der Waals surface area (Å²) in [6, 6.07) is 15.4. The fourth-order valence-electron chi connectivity index (χ4n) is 2.46. The first kappa shape index (κ1) is 18.8. The average Bonchev–Trinajstić information content (AvgIpc) is 3.17. The monoisotopic (exact) mass is 385 g/mol. The molecular formula is C19H19N3O4S. The molecule has 0 aliphatic carbocycles. The van der Waals surface area contributed by atoms with Crippen LogP contribution in [0.3, 0.4) is 0 Å². The molecular weight excluding hydrogens is 366 g/mol. The largest absolute Gasteiger partial charge is 0.497 e. The Balaban J connectivity index is 1.83. The van der Waals surface area contributed by atoms with Gasteiger partial charge in [0.05, 0.1) is 18.6 Å². The van der Waals surface area contributed by atoms with Gasteiger partial charge in [0.15, 0.2) is 0 Å². The van der Waals surface area contributed by atoms with Gasteiger partial charge < -0.3 is 9.26 Å². The smallest absolute Gasteiger partial charge is 0.243 e. The molecule has 8 heteroatoms. The molecule has 0 aliphatic heterocycles. The highest BCUT2D eigenvalue weighted by Gasteiger charge is 2.25. The zero-order valence-corrected chi connectivity index (χ0v) is 15.6. The number of nitrogens with zero attached hydrogens (tertiary/aromatic N) is 3. The SMILES string of the molecule is C=CCN(Cc1nc(-c2ccc(OC)cc2)no1)S(=O)(=O)c1ccccc1. The summed E-state index contributed by atoms with van der Waals surface area (Å²) in [6.45, 7) is 3.71. The lowest BCUT2D eigenvalue weighted by Crippen LogP contribution is -2.31. The second kappa shape index (κ2) is 8.15. The van der Waals surface area contributed by atoms with E-state index in [-0.39, 0.29) is 23.9 Å². The van der Waals surface area contributed by atoms with Crippen LogP contribution in [0.4, 0.5) is 0 Å². The molecule has 0 fully saturated rings. The van der Waals surface area contributed by atoms with E-state index in [9.17, 15) is 8.42 Å². The minimum Gasteiger partial charge on any atom is -0.497 e. The molecule has 0 aliphatic rings. The van der Waals surface area contributed by atoms with Crippen molar-refractivity contribution in [1.82, 2.24) is 14.4 Å². The predicted molar refractivity (Wildman–Crippen MR) is 101 cm³/mol. The van der Waals surface area contributed by atoms with E-state index in [1.165, 1.54) is 10.4 Å². The van der Waals surface area contributed by atoms with Crippen molar-refractivity contribution in [1.29, 1.82) is 0 Å². The molecule has 0 radical (unpaired) electrons. The fourth-order valence-corrected chi connectivity index (χ4v) is 3.84. The molecule has 0 atom stereocenters. The van der Waals surface area contributed by atoms with Crippen LogP contribution in [0.15, 0.2) is 76.7 Å². The first-order chi connectivity index (χ1) is 13.0. The van der Waals surface area contributed by atoms with Crippen LogP contribution in [0.5, 0.6) is 5.75 Å². The third-order valence-corrected chi connectivity index (χ3v) is 5.67. The summed E-state index contributed by atoms with van der Waals surface area (Å²) in [4.78, 5) is 4.50. The van der Waals surface area contributed by atoms with Crippen molar-refractivity contribution in [2.75, 3.05) is 13.7 Å². The zero-order valence-electron chi connectivity index (χ0n) is 14.8. The second-order valence-corrected chi connectivity index (χ2v) is 7.58. The maximum Gasteiger partial charge on any atom is 0.243 e. The number of hydrogen-bond acceptors (Lipinski definition) is 6. The molecule has 7 nitrogen and oxygen atoms in total. The molecule has 0 saturated carbocycles. The number of benzene rings is 2. The minimum absolute atomic E-state index is 0.0492. The summed E-state index contributed by atoms with van der Waals surface area (Å²) in [7, 11) is -2.12. The van der Waals surface area contributed by atoms with Crippen LogP contribution < -0.4 is 4.74 Å². The maximum absolute atomic E-state index is 12.8. The lowest BCUT2D eigenvalue weighted by atomic mass is 10.2. The van der Waals surface area contributed by atoms with Crippen LogP contribution in [0.1, 0.15) is 5.89 Å². The first-order valence-corrected chi connectivity index (χ1v) is 9.61. The van der Waals surface area contributed by atoms with Crippen molar-refractivity contribution in [2.24, 2.45) is 0 Å². The van der Waals surface area contributed by atoms with Crippen molar-refractivity contribution in [2.45, 2.75) is 11.4 Å². The first-order valence-electron chi connectivity index (χ1n) is 8.17. The number of methoxy groups -OCH3 is 1. The number of rotatable bonds is 8. The summed E-state index contributed by atoms with van der Waals surface area (Å²) < 4.78 is 37.3. The highest BCUT2D eigenvalue weighted by atomic mass is 32.2. The predicted octanol–water partition coefficient (Wildman–Crippen LogP) is 3.12. The molecule has 1 heterocycles. The number of ether oxygens (including phenoxy) is 1. The van der Waals surface area contributed by atoms with Crippen LogP contribution in [-0.2, 0) is 16.6 Å². The number of hydrogen-bond donors (Lipinski definition) is 0. The van der Waals surface area contributed by atoms with Crippen molar-refractivity contribution < 1.29 is 17.7 Å². The molecule has 0 saturated heterocycles. The van der Waals surface area contributed by atoms with E-state index in [2.05, 4.69) is 16.7 Å². The van der Waals surface area contributed by atoms with Crippen molar-refractivity contribution in [3.8, 4) is 17.1 Å². The van der Waals surface area contributed by atoms with E-state index in [0.717, 1.165) is 5.56 Å². The van der Waals surface area contributed by atoms with Crippen LogP contribution >= 0.6 is 0 Å². The van der Waals surface area contributed by atoms with Gasteiger partial charge in [-0.15, -0.1) is 6.58 Å². The van der Waals surface area contributed by atoms with Gasteiger partial charge in [-0.25, -0.2) is 8.42 Å². The summed E-state index contributed by atoms with van der Waals surface area (Å²) >= 11 is 0. The van der Waals surface area contributed by atoms with Crippen molar-refractivity contribution in [3.63, 3.8) is 0 Å². The third-order valence-electron chi connectivity index (χ3n) is 3.84. The fraction of sp³-hybridized carbons (Fsp3) is 0.158. The highest BCUT2D eigenvalue weighted by molar-refractivity contribution is 7.89. The molecule has 2 aromatic carbocycles. The molecule has 0 amide bonds. The normalized spacial score (nSPS) is 11.5. The molecule has 0 N–H and O–H groups in total. The van der Waals surface area contributed by atoms with E-state index in [1.54, 1.807) is 61.7 Å². The van der Waals surface area contributed by atoms with E-state index in [4.69, 9.17) is 9.26 Å². The Labute approximate surface area is 157 Å². The highest BCUT2D eigenvalue weighted by Crippen LogP contribution is 2.22. The summed E-state index contributed by atoms with van der Waals surface area (Å²) in [5.74, 6) is 1.29. The van der Waals surface area contributed by atoms with Gasteiger partial charge >= 0.3 is 0 Å². The van der Waals surface area contributed by atoms with E-state index < -0.39 is 10.0 Å². The number of aromatic nitrogens is 2. The molecule has 27 heavy (non-hydrogen) atoms. The molecule has 0 unspecified atom stereocenters. The maximum atomic E-state index is 12.8. The van der Waals surface area contributed by atoms with Crippen LogP contribution in [0.2, 0.25) is 0 Å². The van der Waals surface area contributed by atoms with E-state index in [0.29, 0.717) is 11.6 Å². The van der Waals surface area contributed by atoms with E-state index >= 15 is 0 Å². The Bertz CT molecular complexity index is 999. The molecule has 3 rings (SSSR count). The standard InChI is InChI=1S/C19H19N3O4S/c1-3-13-22(27(23,24)17-7-5-4-6-8-17)14-18-20-19(21-26-18)15-9-11-16(25-2)12-10-15/h3-12H,1,13-14H2,2H3. The Kier molecular flexibility index (Phi) is 5.68. The Morgan fingerprint density at radius 3 is 2.48 bits per heavy atom. The van der Waals surface area contributed by atoms with Crippen molar-refractivity contribution in [3.05, 3.63) is 73.1 Å². The number of sulfonamides is 1. The Morgan fingerprint density at radius 1 is 1.15 bits per heavy atom. The van der Waals surface area contributed by atoms with E-state index in [1.807, 2.05) is 0 Å². The van der Waals surface area contributed by atoms with Gasteiger partial charge in [0, 0.05) is 12.1 Å².